The summed E-state index contributed by atoms with van der Waals surface area (Å²) in [6, 6.07) is 11.9. The van der Waals surface area contributed by atoms with E-state index in [4.69, 9.17) is 10.8 Å². The summed E-state index contributed by atoms with van der Waals surface area (Å²) in [5.74, 6) is 0.962. The van der Waals surface area contributed by atoms with Crippen molar-refractivity contribution in [1.29, 1.82) is 5.26 Å². The van der Waals surface area contributed by atoms with Gasteiger partial charge in [0.15, 0.2) is 0 Å². The molecule has 1 unspecified atom stereocenters. The quantitative estimate of drug-likeness (QED) is 0.862. The average Bonchev–Trinajstić information content (AvgIpc) is 3.37. The number of anilines is 1. The number of primary amides is 1. The Morgan fingerprint density at radius 3 is 2.59 bits per heavy atom. The van der Waals surface area contributed by atoms with Crippen LogP contribution in [-0.4, -0.2) is 22.6 Å². The third kappa shape index (κ3) is 3.61. The van der Waals surface area contributed by atoms with Crippen LogP contribution in [0.1, 0.15) is 64.8 Å². The Labute approximate surface area is 171 Å². The number of benzene rings is 1. The highest BCUT2D eigenvalue weighted by Crippen LogP contribution is 2.38. The molecule has 1 aromatic carbocycles. The number of hydrogen-bond acceptors (Lipinski definition) is 5. The van der Waals surface area contributed by atoms with Crippen molar-refractivity contribution in [3.8, 4) is 6.07 Å². The van der Waals surface area contributed by atoms with Crippen LogP contribution in [0, 0.1) is 31.1 Å². The number of carbonyl (C=O) groups is 1. The van der Waals surface area contributed by atoms with Gasteiger partial charge in [-0.2, -0.15) is 10.4 Å². The van der Waals surface area contributed by atoms with E-state index in [-0.39, 0.29) is 6.04 Å². The van der Waals surface area contributed by atoms with E-state index in [2.05, 4.69) is 16.1 Å². The molecule has 2 heterocycles. The lowest BCUT2D eigenvalue weighted by Gasteiger charge is -2.27. The zero-order valence-electron chi connectivity index (χ0n) is 16.9. The topological polar surface area (TPSA) is 95.4 Å². The van der Waals surface area contributed by atoms with Crippen LogP contribution in [0.5, 0.6) is 0 Å². The third-order valence-corrected chi connectivity index (χ3v) is 6.14. The van der Waals surface area contributed by atoms with Crippen molar-refractivity contribution in [1.82, 2.24) is 4.98 Å². The summed E-state index contributed by atoms with van der Waals surface area (Å²) >= 11 is 0. The van der Waals surface area contributed by atoms with E-state index in [1.165, 1.54) is 25.7 Å². The van der Waals surface area contributed by atoms with Crippen LogP contribution in [0.3, 0.4) is 0 Å². The number of amides is 1. The minimum atomic E-state index is -0.412. The number of hydrogen-bond donors (Lipinski definition) is 1. The van der Waals surface area contributed by atoms with Crippen LogP contribution in [0.15, 0.2) is 35.4 Å². The average molecular weight is 387 g/mol. The Morgan fingerprint density at radius 1 is 1.21 bits per heavy atom. The van der Waals surface area contributed by atoms with Crippen LogP contribution in [0.2, 0.25) is 0 Å². The van der Waals surface area contributed by atoms with Crippen molar-refractivity contribution >= 4 is 17.4 Å². The minimum absolute atomic E-state index is 0.267. The van der Waals surface area contributed by atoms with E-state index < -0.39 is 5.91 Å². The second kappa shape index (κ2) is 7.67. The lowest BCUT2D eigenvalue weighted by Crippen LogP contribution is -2.33. The first-order chi connectivity index (χ1) is 14.0. The fraction of sp³-hybridized carbons (Fsp3) is 0.391. The van der Waals surface area contributed by atoms with Gasteiger partial charge in [-0.15, -0.1) is 0 Å². The SMILES string of the molecule is Cc1cc(C2=NN(c3ccc(C#N)c(C)n3)C(C3CCCC3)C2)ccc1C(N)=O. The monoisotopic (exact) mass is 387 g/mol. The van der Waals surface area contributed by atoms with Crippen molar-refractivity contribution in [2.45, 2.75) is 52.0 Å². The van der Waals surface area contributed by atoms with Crippen LogP contribution in [-0.2, 0) is 0 Å². The van der Waals surface area contributed by atoms with Gasteiger partial charge < -0.3 is 5.73 Å². The number of carbonyl (C=O) groups excluding carboxylic acids is 1. The molecule has 6 nitrogen and oxygen atoms in total. The molecule has 0 spiro atoms. The molecule has 29 heavy (non-hydrogen) atoms. The van der Waals surface area contributed by atoms with Gasteiger partial charge in [-0.05, 0) is 68.0 Å². The highest BCUT2D eigenvalue weighted by atomic mass is 16.1. The first-order valence-electron chi connectivity index (χ1n) is 10.1. The second-order valence-electron chi connectivity index (χ2n) is 8.02. The number of aryl methyl sites for hydroxylation is 2. The van der Waals surface area contributed by atoms with E-state index in [0.29, 0.717) is 17.0 Å². The molecule has 2 aromatic rings. The van der Waals surface area contributed by atoms with E-state index in [0.717, 1.165) is 34.8 Å². The smallest absolute Gasteiger partial charge is 0.248 e. The normalized spacial score (nSPS) is 19.3. The molecule has 0 radical (unpaired) electrons. The number of pyridine rings is 1. The molecule has 4 rings (SSSR count). The molecular weight excluding hydrogens is 362 g/mol. The summed E-state index contributed by atoms with van der Waals surface area (Å²) in [5.41, 5.74) is 10.2. The lowest BCUT2D eigenvalue weighted by atomic mass is 9.91. The van der Waals surface area contributed by atoms with Gasteiger partial charge in [-0.1, -0.05) is 18.9 Å². The summed E-state index contributed by atoms with van der Waals surface area (Å²) in [6.07, 6.45) is 5.78. The molecule has 6 heteroatoms. The molecule has 1 aliphatic heterocycles. The fourth-order valence-electron chi connectivity index (χ4n) is 4.55. The number of aromatic nitrogens is 1. The first kappa shape index (κ1) is 19.1. The molecule has 1 aliphatic carbocycles. The molecule has 2 aliphatic rings. The van der Waals surface area contributed by atoms with Gasteiger partial charge in [0.05, 0.1) is 23.0 Å². The van der Waals surface area contributed by atoms with Gasteiger partial charge in [0, 0.05) is 12.0 Å². The lowest BCUT2D eigenvalue weighted by molar-refractivity contribution is 0.0999. The summed E-state index contributed by atoms with van der Waals surface area (Å²) in [7, 11) is 0. The Balaban J connectivity index is 1.71. The maximum atomic E-state index is 11.6. The maximum absolute atomic E-state index is 11.6. The Hall–Kier alpha value is -3.20. The molecule has 1 fully saturated rings. The zero-order valence-corrected chi connectivity index (χ0v) is 16.9. The zero-order chi connectivity index (χ0) is 20.5. The van der Waals surface area contributed by atoms with Gasteiger partial charge in [-0.3, -0.25) is 4.79 Å². The maximum Gasteiger partial charge on any atom is 0.248 e. The largest absolute Gasteiger partial charge is 0.366 e. The minimum Gasteiger partial charge on any atom is -0.366 e. The Kier molecular flexibility index (Phi) is 5.06. The summed E-state index contributed by atoms with van der Waals surface area (Å²) in [5, 5.41) is 16.2. The number of nitriles is 1. The van der Waals surface area contributed by atoms with E-state index in [9.17, 15) is 10.1 Å². The molecule has 1 aromatic heterocycles. The van der Waals surface area contributed by atoms with Crippen LogP contribution >= 0.6 is 0 Å². The van der Waals surface area contributed by atoms with E-state index in [1.807, 2.05) is 38.1 Å². The van der Waals surface area contributed by atoms with Gasteiger partial charge in [-0.25, -0.2) is 9.99 Å². The fourth-order valence-corrected chi connectivity index (χ4v) is 4.55. The van der Waals surface area contributed by atoms with Gasteiger partial charge in [0.1, 0.15) is 11.9 Å². The molecule has 0 saturated heterocycles. The van der Waals surface area contributed by atoms with Crippen molar-refractivity contribution in [3.63, 3.8) is 0 Å². The van der Waals surface area contributed by atoms with Crippen molar-refractivity contribution in [2.24, 2.45) is 16.8 Å². The molecular formula is C23H25N5O. The van der Waals surface area contributed by atoms with E-state index in [1.54, 1.807) is 6.07 Å². The first-order valence-corrected chi connectivity index (χ1v) is 10.1. The molecule has 1 amide bonds. The van der Waals surface area contributed by atoms with Crippen LogP contribution in [0.25, 0.3) is 0 Å². The number of nitrogens with zero attached hydrogens (tertiary/aromatic N) is 4. The third-order valence-electron chi connectivity index (χ3n) is 6.14. The molecule has 1 atom stereocenters. The predicted octanol–water partition coefficient (Wildman–Crippen LogP) is 3.84. The van der Waals surface area contributed by atoms with Crippen molar-refractivity contribution in [3.05, 3.63) is 58.3 Å². The molecule has 2 N–H and O–H groups in total. The Morgan fingerprint density at radius 2 is 1.97 bits per heavy atom. The highest BCUT2D eigenvalue weighted by molar-refractivity contribution is 6.04. The molecule has 148 valence electrons. The summed E-state index contributed by atoms with van der Waals surface area (Å²) in [6.45, 7) is 3.76. The van der Waals surface area contributed by atoms with Gasteiger partial charge in [0.2, 0.25) is 5.91 Å². The van der Waals surface area contributed by atoms with Crippen LogP contribution < -0.4 is 10.7 Å². The van der Waals surface area contributed by atoms with Gasteiger partial charge >= 0.3 is 0 Å². The summed E-state index contributed by atoms with van der Waals surface area (Å²) < 4.78 is 0. The number of hydrazone groups is 1. The highest BCUT2D eigenvalue weighted by Gasteiger charge is 2.36. The standard InChI is InChI=1S/C23H25N5O/c1-14-11-17(7-9-19(14)23(25)29)20-12-21(16-5-3-4-6-16)28(27-20)22-10-8-18(13-24)15(2)26-22/h7-11,16,21H,3-6,12H2,1-2H3,(H2,25,29). The second-order valence-corrected chi connectivity index (χ2v) is 8.02. The van der Waals surface area contributed by atoms with Crippen molar-refractivity contribution < 1.29 is 4.79 Å². The van der Waals surface area contributed by atoms with Crippen molar-refractivity contribution in [2.75, 3.05) is 5.01 Å². The molecule has 0 bridgehead atoms. The molecule has 1 saturated carbocycles. The number of rotatable bonds is 4. The van der Waals surface area contributed by atoms with Crippen LogP contribution in [0.4, 0.5) is 5.82 Å². The Bertz CT molecular complexity index is 1030. The predicted molar refractivity (Wildman–Crippen MR) is 113 cm³/mol. The van der Waals surface area contributed by atoms with E-state index >= 15 is 0 Å². The summed E-state index contributed by atoms with van der Waals surface area (Å²) in [4.78, 5) is 16.2. The van der Waals surface area contributed by atoms with Gasteiger partial charge in [0.25, 0.3) is 0 Å². The number of nitrogens with two attached hydrogens (primary N) is 1.